The van der Waals surface area contributed by atoms with Gasteiger partial charge in [0.1, 0.15) is 6.54 Å². The third kappa shape index (κ3) is 6.25. The van der Waals surface area contributed by atoms with Crippen LogP contribution in [0.4, 0.5) is 5.82 Å². The first-order chi connectivity index (χ1) is 17.0. The second kappa shape index (κ2) is 11.6. The molecule has 1 aliphatic heterocycles. The van der Waals surface area contributed by atoms with Crippen LogP contribution < -0.4 is 4.90 Å². The molecule has 1 saturated heterocycles. The number of amides is 2. The molecule has 0 saturated carbocycles. The van der Waals surface area contributed by atoms with Crippen LogP contribution in [0.5, 0.6) is 0 Å². The predicted molar refractivity (Wildman–Crippen MR) is 138 cm³/mol. The summed E-state index contributed by atoms with van der Waals surface area (Å²) in [6.07, 6.45) is 1.91. The Kier molecular flexibility index (Phi) is 8.11. The van der Waals surface area contributed by atoms with E-state index in [2.05, 4.69) is 21.7 Å². The molecule has 1 aromatic heterocycles. The van der Waals surface area contributed by atoms with Crippen LogP contribution >= 0.6 is 11.6 Å². The molecule has 2 aromatic carbocycles. The van der Waals surface area contributed by atoms with Gasteiger partial charge in [0.05, 0.1) is 17.1 Å². The third-order valence-electron chi connectivity index (χ3n) is 5.98. The molecule has 35 heavy (non-hydrogen) atoms. The van der Waals surface area contributed by atoms with Gasteiger partial charge in [0.15, 0.2) is 5.82 Å². The first-order valence-electron chi connectivity index (χ1n) is 11.6. The van der Waals surface area contributed by atoms with Crippen LogP contribution in [0.2, 0.25) is 5.02 Å². The molecule has 0 N–H and O–H groups in total. The van der Waals surface area contributed by atoms with E-state index in [-0.39, 0.29) is 24.8 Å². The van der Waals surface area contributed by atoms with Crippen molar-refractivity contribution in [2.45, 2.75) is 6.42 Å². The van der Waals surface area contributed by atoms with E-state index in [1.165, 1.54) is 0 Å². The van der Waals surface area contributed by atoms with Crippen molar-refractivity contribution < 1.29 is 9.59 Å². The average Bonchev–Trinajstić information content (AvgIpc) is 2.89. The molecule has 2 amide bonds. The van der Waals surface area contributed by atoms with Crippen molar-refractivity contribution in [3.05, 3.63) is 90.0 Å². The first-order valence-corrected chi connectivity index (χ1v) is 12.0. The monoisotopic (exact) mass is 489 g/mol. The summed E-state index contributed by atoms with van der Waals surface area (Å²) in [5.41, 5.74) is 2.49. The highest BCUT2D eigenvalue weighted by atomic mass is 35.5. The highest BCUT2D eigenvalue weighted by Crippen LogP contribution is 2.26. The summed E-state index contributed by atoms with van der Waals surface area (Å²) in [6.45, 7) is 6.52. The standard InChI is InChI=1S/C27H28ClN5O2/c1-2-14-33(26(34)19-21-8-4-3-5-9-21)20-27(35)32-17-15-31(16-18-32)25-13-12-24(29-30-25)22-10-6-7-11-23(22)28/h2-13H,1,14-20H2. The lowest BCUT2D eigenvalue weighted by molar-refractivity contribution is -0.139. The number of hydrogen-bond donors (Lipinski definition) is 0. The molecule has 7 nitrogen and oxygen atoms in total. The van der Waals surface area contributed by atoms with Gasteiger partial charge in [-0.25, -0.2) is 0 Å². The highest BCUT2D eigenvalue weighted by molar-refractivity contribution is 6.33. The fourth-order valence-corrected chi connectivity index (χ4v) is 4.28. The third-order valence-corrected chi connectivity index (χ3v) is 6.31. The summed E-state index contributed by atoms with van der Waals surface area (Å²) < 4.78 is 0. The molecule has 0 spiro atoms. The van der Waals surface area contributed by atoms with Crippen molar-refractivity contribution in [2.75, 3.05) is 44.2 Å². The van der Waals surface area contributed by atoms with Crippen molar-refractivity contribution in [1.29, 1.82) is 0 Å². The Hall–Kier alpha value is -3.71. The van der Waals surface area contributed by atoms with E-state index >= 15 is 0 Å². The van der Waals surface area contributed by atoms with Crippen molar-refractivity contribution in [3.8, 4) is 11.3 Å². The molecule has 0 radical (unpaired) electrons. The number of hydrogen-bond acceptors (Lipinski definition) is 5. The molecule has 4 rings (SSSR count). The van der Waals surface area contributed by atoms with Crippen LogP contribution in [0.1, 0.15) is 5.56 Å². The summed E-state index contributed by atoms with van der Waals surface area (Å²) in [6, 6.07) is 20.9. The van der Waals surface area contributed by atoms with Gasteiger partial charge >= 0.3 is 0 Å². The number of aromatic nitrogens is 2. The van der Waals surface area contributed by atoms with Crippen LogP contribution in [0.15, 0.2) is 79.4 Å². The van der Waals surface area contributed by atoms with Crippen LogP contribution in [-0.2, 0) is 16.0 Å². The Morgan fingerprint density at radius 2 is 1.66 bits per heavy atom. The molecule has 1 fully saturated rings. The number of carbonyl (C=O) groups excluding carboxylic acids is 2. The van der Waals surface area contributed by atoms with Gasteiger partial charge in [-0.05, 0) is 23.8 Å². The summed E-state index contributed by atoms with van der Waals surface area (Å²) in [7, 11) is 0. The Balaban J connectivity index is 1.32. The highest BCUT2D eigenvalue weighted by Gasteiger charge is 2.25. The molecule has 2 heterocycles. The SMILES string of the molecule is C=CCN(CC(=O)N1CCN(c2ccc(-c3ccccc3Cl)nn2)CC1)C(=O)Cc1ccccc1. The molecular formula is C27H28ClN5O2. The van der Waals surface area contributed by atoms with Gasteiger partial charge in [-0.15, -0.1) is 16.8 Å². The maximum absolute atomic E-state index is 13.0. The van der Waals surface area contributed by atoms with Gasteiger partial charge in [0.25, 0.3) is 0 Å². The number of benzene rings is 2. The molecule has 8 heteroatoms. The van der Waals surface area contributed by atoms with E-state index in [0.717, 1.165) is 22.6 Å². The van der Waals surface area contributed by atoms with Gasteiger partial charge in [0.2, 0.25) is 11.8 Å². The number of rotatable bonds is 8. The van der Waals surface area contributed by atoms with E-state index in [9.17, 15) is 9.59 Å². The van der Waals surface area contributed by atoms with Gasteiger partial charge in [-0.3, -0.25) is 9.59 Å². The van der Waals surface area contributed by atoms with Crippen molar-refractivity contribution in [3.63, 3.8) is 0 Å². The zero-order valence-corrected chi connectivity index (χ0v) is 20.3. The Morgan fingerprint density at radius 1 is 0.943 bits per heavy atom. The largest absolute Gasteiger partial charge is 0.352 e. The Morgan fingerprint density at radius 3 is 2.31 bits per heavy atom. The average molecular weight is 490 g/mol. The lowest BCUT2D eigenvalue weighted by Gasteiger charge is -2.36. The van der Waals surface area contributed by atoms with Gasteiger partial charge < -0.3 is 14.7 Å². The topological polar surface area (TPSA) is 69.6 Å². The van der Waals surface area contributed by atoms with E-state index in [1.54, 1.807) is 15.9 Å². The predicted octanol–water partition coefficient (Wildman–Crippen LogP) is 3.70. The Bertz CT molecular complexity index is 1160. The van der Waals surface area contributed by atoms with Gasteiger partial charge in [-0.2, -0.15) is 0 Å². The van der Waals surface area contributed by atoms with Gasteiger partial charge in [-0.1, -0.05) is 66.2 Å². The van der Waals surface area contributed by atoms with Crippen LogP contribution in [-0.4, -0.2) is 71.1 Å². The summed E-state index contributed by atoms with van der Waals surface area (Å²) in [4.78, 5) is 31.2. The second-order valence-corrected chi connectivity index (χ2v) is 8.76. The van der Waals surface area contributed by atoms with Crippen molar-refractivity contribution >= 4 is 29.2 Å². The minimum atomic E-state index is -0.0861. The van der Waals surface area contributed by atoms with Crippen LogP contribution in [0, 0.1) is 0 Å². The second-order valence-electron chi connectivity index (χ2n) is 8.35. The lowest BCUT2D eigenvalue weighted by Crippen LogP contribution is -2.52. The summed E-state index contributed by atoms with van der Waals surface area (Å²) in [5.74, 6) is 0.615. The van der Waals surface area contributed by atoms with Gasteiger partial charge in [0, 0.05) is 38.3 Å². The zero-order valence-electron chi connectivity index (χ0n) is 19.5. The maximum Gasteiger partial charge on any atom is 0.242 e. The van der Waals surface area contributed by atoms with Crippen molar-refractivity contribution in [2.24, 2.45) is 0 Å². The minimum absolute atomic E-state index is 0.0457. The molecule has 1 aliphatic rings. The Labute approximate surface area is 210 Å². The summed E-state index contributed by atoms with van der Waals surface area (Å²) >= 11 is 6.26. The van der Waals surface area contributed by atoms with E-state index in [4.69, 9.17) is 11.6 Å². The van der Waals surface area contributed by atoms with Crippen molar-refractivity contribution in [1.82, 2.24) is 20.0 Å². The molecule has 3 aromatic rings. The zero-order chi connectivity index (χ0) is 24.6. The fourth-order valence-electron chi connectivity index (χ4n) is 4.05. The van der Waals surface area contributed by atoms with Crippen LogP contribution in [0.25, 0.3) is 11.3 Å². The minimum Gasteiger partial charge on any atom is -0.352 e. The number of piperazine rings is 1. The maximum atomic E-state index is 13.0. The van der Waals surface area contributed by atoms with Crippen LogP contribution in [0.3, 0.4) is 0 Å². The fraction of sp³-hybridized carbons (Fsp3) is 0.259. The molecule has 0 unspecified atom stereocenters. The number of halogens is 1. The molecule has 0 aliphatic carbocycles. The molecule has 0 bridgehead atoms. The quantitative estimate of drug-likeness (QED) is 0.451. The molecule has 0 atom stereocenters. The summed E-state index contributed by atoms with van der Waals surface area (Å²) in [5, 5.41) is 9.35. The number of nitrogens with zero attached hydrogens (tertiary/aromatic N) is 5. The number of anilines is 1. The number of carbonyl (C=O) groups is 2. The molecular weight excluding hydrogens is 462 g/mol. The van der Waals surface area contributed by atoms with E-state index < -0.39 is 0 Å². The lowest BCUT2D eigenvalue weighted by atomic mass is 10.1. The molecule has 180 valence electrons. The normalized spacial score (nSPS) is 13.4. The smallest absolute Gasteiger partial charge is 0.242 e. The van der Waals surface area contributed by atoms with E-state index in [0.29, 0.717) is 37.7 Å². The first kappa shape index (κ1) is 24.4. The van der Waals surface area contributed by atoms with E-state index in [1.807, 2.05) is 66.7 Å².